The van der Waals surface area contributed by atoms with Gasteiger partial charge in [-0.15, -0.1) is 0 Å². The van der Waals surface area contributed by atoms with E-state index in [-0.39, 0.29) is 39.5 Å². The number of nitrogens with one attached hydrogen (secondary N) is 2. The number of nitro benzene ring substituents is 1. The Bertz CT molecular complexity index is 3080. The maximum Gasteiger partial charge on any atom is 0.478 e. The van der Waals surface area contributed by atoms with E-state index in [1.54, 1.807) is 20.8 Å². The first kappa shape index (κ1) is 51.4. The average molecular weight is 1040 g/mol. The van der Waals surface area contributed by atoms with Gasteiger partial charge >= 0.3 is 19.4 Å². The van der Waals surface area contributed by atoms with Crippen LogP contribution < -0.4 is 36.3 Å². The second-order valence-electron chi connectivity index (χ2n) is 16.2. The number of nitrogen functional groups attached to an aromatic ring is 1. The first-order valence-electron chi connectivity index (χ1n) is 19.6. The Morgan fingerprint density at radius 3 is 2.30 bits per heavy atom. The number of aliphatic hydroxyl groups is 4. The molecular weight excluding hydrogens is 995 g/mol. The largest absolute Gasteiger partial charge is 0.756 e. The van der Waals surface area contributed by atoms with Crippen molar-refractivity contribution in [2.24, 2.45) is 17.5 Å². The number of imidazole rings is 2. The number of aliphatic hydroxyl groups excluding tert-OH is 4. The maximum absolute atomic E-state index is 13.2. The number of H-pyrrole nitrogens is 2. The van der Waals surface area contributed by atoms with Crippen LogP contribution in [0.1, 0.15) is 44.9 Å². The van der Waals surface area contributed by atoms with Gasteiger partial charge in [0.15, 0.2) is 29.8 Å². The minimum atomic E-state index is -6.42. The van der Waals surface area contributed by atoms with Crippen molar-refractivity contribution >= 4 is 69.5 Å². The monoisotopic (exact) mass is 1040 g/mol. The number of phosphoric acid groups is 3. The van der Waals surface area contributed by atoms with Crippen LogP contribution in [0.5, 0.6) is 0 Å². The molecule has 2 aliphatic rings. The molecule has 0 saturated carbocycles. The van der Waals surface area contributed by atoms with Gasteiger partial charge in [-0.2, -0.15) is 9.98 Å². The van der Waals surface area contributed by atoms with Gasteiger partial charge in [0.1, 0.15) is 36.6 Å². The normalized spacial score (nSPS) is 26.4. The number of anilines is 1. The SMILES string of the molecule is Cn1c[n+]([C@@H]2O[C@H](COP(=O)([O-])OP(=O)([O-])OP(=O)(O)OC[C@H]3O[C@@H](n4cnc5c(=O)[nH]c(N)nc54)C(O)[C@H]3O)C(O)[C@@H]2O)c2nc(/N=C(\[O-])OC(c3ccccc3[N+](=O)[O-])C(C)(C)C)[nH]c(=O)c21. The van der Waals surface area contributed by atoms with E-state index in [0.717, 1.165) is 21.8 Å². The Morgan fingerprint density at radius 1 is 0.971 bits per heavy atom. The van der Waals surface area contributed by atoms with Gasteiger partial charge in [-0.05, 0) is 5.41 Å². The van der Waals surface area contributed by atoms with E-state index in [9.17, 15) is 73.6 Å². The van der Waals surface area contributed by atoms with Crippen LogP contribution in [-0.4, -0.2) is 120 Å². The average Bonchev–Trinajstić information content (AvgIpc) is 3.96. The molecule has 2 saturated heterocycles. The Labute approximate surface area is 383 Å². The Morgan fingerprint density at radius 2 is 1.62 bits per heavy atom. The molecule has 2 fully saturated rings. The number of nitrogens with two attached hydrogens (primary N) is 1. The van der Waals surface area contributed by atoms with E-state index >= 15 is 0 Å². The lowest BCUT2D eigenvalue weighted by molar-refractivity contribution is -0.745. The number of rotatable bonds is 16. The second kappa shape index (κ2) is 19.0. The minimum absolute atomic E-state index is 0.0525. The zero-order valence-electron chi connectivity index (χ0n) is 35.7. The number of aliphatic imine (C=N–C) groups is 1. The van der Waals surface area contributed by atoms with Crippen molar-refractivity contribution in [3.8, 4) is 0 Å². The van der Waals surface area contributed by atoms with Gasteiger partial charge < -0.3 is 64.7 Å². The Hall–Kier alpha value is -5.44. The number of aryl methyl sites for hydroxylation is 1. The summed E-state index contributed by atoms with van der Waals surface area (Å²) in [7, 11) is -17.1. The van der Waals surface area contributed by atoms with Crippen LogP contribution in [0, 0.1) is 15.5 Å². The molecule has 376 valence electrons. The standard InChI is InChI=1S/C33H42N11O22P3/c1-33(2,3)23(13-7-5-6-8-14(13)44(52)53)64-32(51)40-31-37-25-18(27(50)39-31)41(4)12-43(25)29-22(48)20(46)16(63-29)10-61-68(56,57)66-69(58,59)65-67(54,55)60-9-15-19(45)21(47)28(62-15)42-11-35-17-24(42)36-30(34)38-26(17)49/h5-8,11-12,15-16,19-23,28-29,45-48H,9-10H2,1-4H3,(H7-,34,36,37,38,39,40,49,50,51,54,55,56,57,58,59)/p-2/t15-,16-,19+,20?,21?,22+,23?,28-,29-/m1/s1. The number of ether oxygens (including phenoxy) is 3. The fraction of sp³-hybridized carbons (Fsp3) is 0.485. The third-order valence-electron chi connectivity index (χ3n) is 10.3. The highest BCUT2D eigenvalue weighted by Crippen LogP contribution is 2.64. The molecule has 12 atom stereocenters. The lowest BCUT2D eigenvalue weighted by Crippen LogP contribution is -2.46. The van der Waals surface area contributed by atoms with Crippen LogP contribution in [0.25, 0.3) is 22.3 Å². The van der Waals surface area contributed by atoms with Crippen LogP contribution >= 0.6 is 23.5 Å². The molecule has 69 heavy (non-hydrogen) atoms. The van der Waals surface area contributed by atoms with Crippen molar-refractivity contribution in [2.75, 3.05) is 18.9 Å². The number of nitrogens with zero attached hydrogens (tertiary/aromatic N) is 8. The molecular formula is C33H40N11O22P3-2. The van der Waals surface area contributed by atoms with E-state index in [1.807, 2.05) is 0 Å². The number of phosphoric ester groups is 2. The van der Waals surface area contributed by atoms with Gasteiger partial charge in [0.2, 0.25) is 17.7 Å². The number of hydrogen-bond donors (Lipinski definition) is 8. The molecule has 7 rings (SSSR count). The van der Waals surface area contributed by atoms with Crippen LogP contribution in [0.2, 0.25) is 0 Å². The molecule has 0 amide bonds. The van der Waals surface area contributed by atoms with Gasteiger partial charge in [0.25, 0.3) is 32.5 Å². The Kier molecular flexibility index (Phi) is 14.2. The van der Waals surface area contributed by atoms with E-state index in [0.29, 0.717) is 0 Å². The minimum Gasteiger partial charge on any atom is -0.756 e. The number of benzene rings is 1. The number of aromatic nitrogens is 8. The van der Waals surface area contributed by atoms with Gasteiger partial charge in [0.05, 0.1) is 31.5 Å². The summed E-state index contributed by atoms with van der Waals surface area (Å²) in [5.41, 5.74) is 1.75. The zero-order valence-corrected chi connectivity index (χ0v) is 38.4. The number of nitro groups is 1. The van der Waals surface area contributed by atoms with Crippen LogP contribution in [0.3, 0.4) is 0 Å². The molecule has 6 unspecified atom stereocenters. The van der Waals surface area contributed by atoms with Crippen molar-refractivity contribution < 1.29 is 95.3 Å². The number of para-hydroxylation sites is 1. The molecule has 5 aromatic rings. The highest BCUT2D eigenvalue weighted by molar-refractivity contribution is 7.65. The van der Waals surface area contributed by atoms with E-state index < -0.39 is 125 Å². The van der Waals surface area contributed by atoms with Crippen molar-refractivity contribution in [1.29, 1.82) is 0 Å². The van der Waals surface area contributed by atoms with Gasteiger partial charge in [-0.1, -0.05) is 44.0 Å². The third kappa shape index (κ3) is 11.0. The topological polar surface area (TPSA) is 486 Å². The number of aromatic amines is 2. The molecule has 4 aromatic heterocycles. The van der Waals surface area contributed by atoms with Crippen molar-refractivity contribution in [3.63, 3.8) is 0 Å². The van der Waals surface area contributed by atoms with Crippen molar-refractivity contribution in [3.05, 3.63) is 73.3 Å². The number of hydrogen-bond acceptors (Lipinski definition) is 26. The quantitative estimate of drug-likeness (QED) is 0.0120. The molecule has 2 aliphatic heterocycles. The van der Waals surface area contributed by atoms with Crippen molar-refractivity contribution in [1.82, 2.24) is 34.1 Å². The molecule has 0 bridgehead atoms. The summed E-state index contributed by atoms with van der Waals surface area (Å²) in [5.74, 6) is -0.988. The van der Waals surface area contributed by atoms with E-state index in [2.05, 4.69) is 47.6 Å². The summed E-state index contributed by atoms with van der Waals surface area (Å²) < 4.78 is 74.3. The van der Waals surface area contributed by atoms with Gasteiger partial charge in [0, 0.05) is 17.7 Å². The van der Waals surface area contributed by atoms with Crippen LogP contribution in [-0.2, 0) is 52.6 Å². The summed E-state index contributed by atoms with van der Waals surface area (Å²) >= 11 is 0. The fourth-order valence-corrected chi connectivity index (χ4v) is 10.7. The fourth-order valence-electron chi connectivity index (χ4n) is 7.24. The predicted molar refractivity (Wildman–Crippen MR) is 219 cm³/mol. The molecule has 0 radical (unpaired) electrons. The molecule has 9 N–H and O–H groups in total. The van der Waals surface area contributed by atoms with Crippen LogP contribution in [0.4, 0.5) is 17.6 Å². The zero-order chi connectivity index (χ0) is 50.7. The molecule has 6 heterocycles. The molecule has 33 nitrogen and oxygen atoms in total. The first-order valence-corrected chi connectivity index (χ1v) is 24.1. The lowest BCUT2D eigenvalue weighted by atomic mass is 9.84. The summed E-state index contributed by atoms with van der Waals surface area (Å²) in [6, 6.07) is 5.54. The van der Waals surface area contributed by atoms with Gasteiger partial charge in [-0.25, -0.2) is 22.7 Å². The van der Waals surface area contributed by atoms with Gasteiger partial charge in [-0.3, -0.25) is 52.5 Å². The molecule has 0 spiro atoms. The Balaban J connectivity index is 0.985. The molecule has 0 aliphatic carbocycles. The number of fused-ring (bicyclic) bond motifs is 2. The molecule has 1 aromatic carbocycles. The smallest absolute Gasteiger partial charge is 0.478 e. The van der Waals surface area contributed by atoms with Crippen molar-refractivity contribution in [2.45, 2.75) is 76.0 Å². The highest BCUT2D eigenvalue weighted by atomic mass is 31.3. The maximum atomic E-state index is 13.2. The van der Waals surface area contributed by atoms with E-state index in [1.165, 1.54) is 35.9 Å². The molecule has 36 heteroatoms. The summed E-state index contributed by atoms with van der Waals surface area (Å²) in [6.07, 6.45) is -14.8. The predicted octanol–water partition coefficient (Wildman–Crippen LogP) is -3.33. The third-order valence-corrected chi connectivity index (χ3v) is 14.4. The lowest BCUT2D eigenvalue weighted by Gasteiger charge is -2.36. The van der Waals surface area contributed by atoms with Crippen LogP contribution in [0.15, 0.2) is 51.5 Å². The summed E-state index contributed by atoms with van der Waals surface area (Å²) in [4.78, 5) is 91.6. The first-order chi connectivity index (χ1) is 32.1. The summed E-state index contributed by atoms with van der Waals surface area (Å²) in [5, 5.41) is 67.7. The summed E-state index contributed by atoms with van der Waals surface area (Å²) in [6.45, 7) is 2.47. The second-order valence-corrected chi connectivity index (χ2v) is 20.8. The highest BCUT2D eigenvalue weighted by Gasteiger charge is 2.49. The van der Waals surface area contributed by atoms with E-state index in [4.69, 9.17) is 19.9 Å².